The Balaban J connectivity index is 1.67. The smallest absolute Gasteiger partial charge is 0.158 e. The largest absolute Gasteiger partial charge is 0.274 e. The number of benzene rings is 2. The van der Waals surface area contributed by atoms with E-state index in [0.29, 0.717) is 5.92 Å². The minimum atomic E-state index is -0.218. The van der Waals surface area contributed by atoms with Gasteiger partial charge in [0.15, 0.2) is 6.23 Å². The van der Waals surface area contributed by atoms with Gasteiger partial charge in [0.2, 0.25) is 0 Å². The molecule has 1 saturated heterocycles. The molecular weight excluding hydrogens is 282 g/mol. The summed E-state index contributed by atoms with van der Waals surface area (Å²) in [7, 11) is 0. The molecule has 0 N–H and O–H groups in total. The lowest BCUT2D eigenvalue weighted by Gasteiger charge is -2.31. The molecule has 0 amide bonds. The summed E-state index contributed by atoms with van der Waals surface area (Å²) in [6, 6.07) is 21.5. The van der Waals surface area contributed by atoms with Crippen LogP contribution in [0.3, 0.4) is 0 Å². The van der Waals surface area contributed by atoms with Crippen LogP contribution >= 0.6 is 0 Å². The fourth-order valence-corrected chi connectivity index (χ4v) is 4.09. The fourth-order valence-electron chi connectivity index (χ4n) is 4.09. The van der Waals surface area contributed by atoms with Crippen LogP contribution in [0, 0.1) is 5.92 Å². The second-order valence-electron chi connectivity index (χ2n) is 7.02. The predicted octanol–water partition coefficient (Wildman–Crippen LogP) is 5.10. The maximum absolute atomic E-state index is 6.16. The van der Waals surface area contributed by atoms with Gasteiger partial charge in [-0.2, -0.15) is 0 Å². The zero-order valence-corrected chi connectivity index (χ0v) is 13.8. The van der Waals surface area contributed by atoms with Crippen molar-refractivity contribution in [2.45, 2.75) is 50.8 Å². The molecule has 1 aliphatic carbocycles. The van der Waals surface area contributed by atoms with Crippen LogP contribution in [0.5, 0.6) is 0 Å². The van der Waals surface area contributed by atoms with Gasteiger partial charge in [0.25, 0.3) is 0 Å². The minimum Gasteiger partial charge on any atom is -0.274 e. The molecular formula is C21H25NO. The summed E-state index contributed by atoms with van der Waals surface area (Å²) in [4.78, 5) is 6.16. The van der Waals surface area contributed by atoms with E-state index in [2.05, 4.69) is 72.7 Å². The minimum absolute atomic E-state index is 0.218. The number of hydrogen-bond acceptors (Lipinski definition) is 2. The van der Waals surface area contributed by atoms with Gasteiger partial charge in [-0.3, -0.25) is 4.84 Å². The topological polar surface area (TPSA) is 15.5 Å². The maximum atomic E-state index is 6.16. The Morgan fingerprint density at radius 3 is 1.87 bits per heavy atom. The van der Waals surface area contributed by atoms with E-state index in [0.717, 1.165) is 0 Å². The molecule has 23 heavy (non-hydrogen) atoms. The summed E-state index contributed by atoms with van der Waals surface area (Å²) in [5.74, 6) is 0.690. The Hall–Kier alpha value is -1.64. The van der Waals surface area contributed by atoms with Crippen LogP contribution in [0.4, 0.5) is 0 Å². The Kier molecular flexibility index (Phi) is 3.96. The molecule has 2 atom stereocenters. The second-order valence-corrected chi connectivity index (χ2v) is 7.02. The molecule has 2 aliphatic rings. The first-order valence-electron chi connectivity index (χ1n) is 8.87. The van der Waals surface area contributed by atoms with Gasteiger partial charge >= 0.3 is 0 Å². The molecule has 2 aromatic rings. The van der Waals surface area contributed by atoms with Gasteiger partial charge in [-0.15, -0.1) is 5.06 Å². The van der Waals surface area contributed by atoms with E-state index in [1.54, 1.807) is 0 Å². The van der Waals surface area contributed by atoms with Gasteiger partial charge < -0.3 is 0 Å². The molecule has 1 unspecified atom stereocenters. The van der Waals surface area contributed by atoms with Crippen molar-refractivity contribution >= 4 is 0 Å². The normalized spacial score (nSPS) is 25.3. The van der Waals surface area contributed by atoms with Crippen molar-refractivity contribution in [3.8, 4) is 0 Å². The molecule has 120 valence electrons. The number of hydrogen-bond donors (Lipinski definition) is 0. The van der Waals surface area contributed by atoms with E-state index in [1.165, 1.54) is 43.2 Å². The molecule has 2 heteroatoms. The van der Waals surface area contributed by atoms with E-state index >= 15 is 0 Å². The van der Waals surface area contributed by atoms with Gasteiger partial charge in [0, 0.05) is 5.92 Å². The molecule has 4 rings (SSSR count). The van der Waals surface area contributed by atoms with Gasteiger partial charge in [0.05, 0.1) is 5.54 Å². The highest BCUT2D eigenvalue weighted by Crippen LogP contribution is 2.48. The van der Waals surface area contributed by atoms with Crippen LogP contribution in [0.1, 0.15) is 50.2 Å². The number of rotatable bonds is 4. The van der Waals surface area contributed by atoms with Crippen LogP contribution in [0.25, 0.3) is 0 Å². The van der Waals surface area contributed by atoms with Crippen LogP contribution in [-0.4, -0.2) is 11.3 Å². The van der Waals surface area contributed by atoms with Crippen molar-refractivity contribution in [1.29, 1.82) is 0 Å². The van der Waals surface area contributed by atoms with E-state index in [-0.39, 0.29) is 11.8 Å². The highest BCUT2D eigenvalue weighted by atomic mass is 16.8. The summed E-state index contributed by atoms with van der Waals surface area (Å²) in [5, 5.41) is 2.24. The Bertz CT molecular complexity index is 594. The summed E-state index contributed by atoms with van der Waals surface area (Å²) < 4.78 is 0. The average Bonchev–Trinajstić information content (AvgIpc) is 3.45. The van der Waals surface area contributed by atoms with Crippen LogP contribution in [-0.2, 0) is 10.4 Å². The SMILES string of the molecule is CC(c1ccccc1)(c1ccccc1)N1O[C@H]1C1CCCCC1. The average molecular weight is 307 g/mol. The van der Waals surface area contributed by atoms with Gasteiger partial charge in [-0.25, -0.2) is 0 Å². The predicted molar refractivity (Wildman–Crippen MR) is 92.6 cm³/mol. The Morgan fingerprint density at radius 1 is 0.826 bits per heavy atom. The van der Waals surface area contributed by atoms with Crippen molar-refractivity contribution in [2.75, 3.05) is 0 Å². The van der Waals surface area contributed by atoms with Crippen molar-refractivity contribution < 1.29 is 4.84 Å². The molecule has 2 nitrogen and oxygen atoms in total. The van der Waals surface area contributed by atoms with Gasteiger partial charge in [-0.1, -0.05) is 79.9 Å². The van der Waals surface area contributed by atoms with E-state index < -0.39 is 0 Å². The summed E-state index contributed by atoms with van der Waals surface area (Å²) in [6.07, 6.45) is 6.98. The van der Waals surface area contributed by atoms with Crippen molar-refractivity contribution in [3.05, 3.63) is 71.8 Å². The molecule has 0 radical (unpaired) electrons. The summed E-state index contributed by atoms with van der Waals surface area (Å²) in [5.41, 5.74) is 2.37. The molecule has 1 heterocycles. The zero-order chi connectivity index (χ0) is 15.7. The van der Waals surface area contributed by atoms with Crippen LogP contribution < -0.4 is 0 Å². The molecule has 2 fully saturated rings. The quantitative estimate of drug-likeness (QED) is 0.730. The highest BCUT2D eigenvalue weighted by molar-refractivity contribution is 5.38. The lowest BCUT2D eigenvalue weighted by molar-refractivity contribution is 0.101. The van der Waals surface area contributed by atoms with Crippen molar-refractivity contribution in [1.82, 2.24) is 5.06 Å². The van der Waals surface area contributed by atoms with E-state index in [9.17, 15) is 0 Å². The van der Waals surface area contributed by atoms with Crippen LogP contribution in [0.2, 0.25) is 0 Å². The number of nitrogens with zero attached hydrogens (tertiary/aromatic N) is 1. The summed E-state index contributed by atoms with van der Waals surface area (Å²) in [6.45, 7) is 2.29. The Labute approximate surface area is 139 Å². The Morgan fingerprint density at radius 2 is 1.35 bits per heavy atom. The second kappa shape index (κ2) is 6.10. The monoisotopic (exact) mass is 307 g/mol. The first-order chi connectivity index (χ1) is 11.3. The standard InChI is InChI=1S/C21H25NO/c1-21(18-13-7-3-8-14-18,19-15-9-4-10-16-19)22-20(23-22)17-11-5-2-6-12-17/h3-4,7-10,13-17,20H,2,5-6,11-12H2,1H3/t20-,22?/m0/s1. The molecule has 0 bridgehead atoms. The highest BCUT2D eigenvalue weighted by Gasteiger charge is 2.54. The zero-order valence-electron chi connectivity index (χ0n) is 13.8. The lowest BCUT2D eigenvalue weighted by atomic mass is 9.83. The fraction of sp³-hybridized carbons (Fsp3) is 0.429. The third kappa shape index (κ3) is 2.71. The lowest BCUT2D eigenvalue weighted by Crippen LogP contribution is -2.35. The van der Waals surface area contributed by atoms with Gasteiger partial charge in [-0.05, 0) is 30.9 Å². The van der Waals surface area contributed by atoms with E-state index in [4.69, 9.17) is 4.84 Å². The third-order valence-corrected chi connectivity index (χ3v) is 5.57. The third-order valence-electron chi connectivity index (χ3n) is 5.57. The summed E-state index contributed by atoms with van der Waals surface area (Å²) >= 11 is 0. The molecule has 1 saturated carbocycles. The maximum Gasteiger partial charge on any atom is 0.158 e. The first kappa shape index (κ1) is 14.9. The van der Waals surface area contributed by atoms with Crippen LogP contribution in [0.15, 0.2) is 60.7 Å². The first-order valence-corrected chi connectivity index (χ1v) is 8.87. The molecule has 0 spiro atoms. The van der Waals surface area contributed by atoms with E-state index in [1.807, 2.05) is 0 Å². The number of hydroxylamine groups is 2. The molecule has 1 aliphatic heterocycles. The van der Waals surface area contributed by atoms with Crippen molar-refractivity contribution in [3.63, 3.8) is 0 Å². The molecule has 2 aromatic carbocycles. The van der Waals surface area contributed by atoms with Gasteiger partial charge in [0.1, 0.15) is 0 Å². The van der Waals surface area contributed by atoms with Crippen molar-refractivity contribution in [2.24, 2.45) is 5.92 Å². The molecule has 0 aromatic heterocycles.